The Labute approximate surface area is 144 Å². The zero-order chi connectivity index (χ0) is 16.8. The third-order valence-corrected chi connectivity index (χ3v) is 4.85. The maximum Gasteiger partial charge on any atom is 0.261 e. The zero-order valence-corrected chi connectivity index (χ0v) is 14.0. The lowest BCUT2D eigenvalue weighted by Gasteiger charge is -2.14. The van der Waals surface area contributed by atoms with Crippen molar-refractivity contribution < 1.29 is 9.90 Å². The van der Waals surface area contributed by atoms with Crippen LogP contribution in [-0.4, -0.2) is 43.3 Å². The third-order valence-electron chi connectivity index (χ3n) is 4.60. The summed E-state index contributed by atoms with van der Waals surface area (Å²) < 4.78 is 1.66. The lowest BCUT2D eigenvalue weighted by Crippen LogP contribution is -2.30. The minimum Gasteiger partial charge on any atom is -0.509 e. The molecule has 24 heavy (non-hydrogen) atoms. The van der Waals surface area contributed by atoms with Crippen LogP contribution in [-0.2, 0) is 11.3 Å². The van der Waals surface area contributed by atoms with Crippen molar-refractivity contribution in [1.82, 2.24) is 19.7 Å². The molecule has 7 heteroatoms. The van der Waals surface area contributed by atoms with E-state index in [0.29, 0.717) is 29.8 Å². The van der Waals surface area contributed by atoms with Crippen LogP contribution in [0.15, 0.2) is 30.0 Å². The van der Waals surface area contributed by atoms with Gasteiger partial charge in [-0.3, -0.25) is 4.79 Å². The Morgan fingerprint density at radius 1 is 1.33 bits per heavy atom. The van der Waals surface area contributed by atoms with Crippen molar-refractivity contribution in [2.75, 3.05) is 6.54 Å². The van der Waals surface area contributed by atoms with Gasteiger partial charge in [-0.15, -0.1) is 0 Å². The van der Waals surface area contributed by atoms with Crippen LogP contribution in [0.5, 0.6) is 0 Å². The fourth-order valence-electron chi connectivity index (χ4n) is 3.39. The number of hydrogen-bond donors (Lipinski definition) is 1. The fraction of sp³-hybridized carbons (Fsp3) is 0.353. The minimum atomic E-state index is -0.200. The second-order valence-corrected chi connectivity index (χ2v) is 6.43. The summed E-state index contributed by atoms with van der Waals surface area (Å²) in [6, 6.07) is 7.02. The van der Waals surface area contributed by atoms with E-state index in [1.54, 1.807) is 21.7 Å². The first-order chi connectivity index (χ1) is 11.6. The van der Waals surface area contributed by atoms with E-state index in [-0.39, 0.29) is 23.3 Å². The van der Waals surface area contributed by atoms with Gasteiger partial charge in [-0.2, -0.15) is 5.10 Å². The van der Waals surface area contributed by atoms with E-state index in [1.165, 1.54) is 0 Å². The first-order valence-corrected chi connectivity index (χ1v) is 8.43. The zero-order valence-electron chi connectivity index (χ0n) is 13.2. The molecule has 1 fully saturated rings. The smallest absolute Gasteiger partial charge is 0.261 e. The Morgan fingerprint density at radius 3 is 2.75 bits per heavy atom. The van der Waals surface area contributed by atoms with Crippen molar-refractivity contribution in [2.45, 2.75) is 32.4 Å². The van der Waals surface area contributed by atoms with Crippen molar-refractivity contribution in [3.8, 4) is 11.4 Å². The molecule has 1 atom stereocenters. The highest BCUT2D eigenvalue weighted by Crippen LogP contribution is 2.37. The van der Waals surface area contributed by atoms with E-state index in [1.807, 2.05) is 19.1 Å². The summed E-state index contributed by atoms with van der Waals surface area (Å²) in [5, 5.41) is 15.7. The number of aromatic nitrogens is 3. The number of aryl methyl sites for hydroxylation is 1. The summed E-state index contributed by atoms with van der Waals surface area (Å²) in [5.74, 6) is 0.921. The number of rotatable bonds is 3. The summed E-state index contributed by atoms with van der Waals surface area (Å²) >= 11 is 5.92. The molecule has 124 valence electrons. The molecule has 1 saturated heterocycles. The molecule has 2 aliphatic rings. The molecular formula is C17H17ClN4O2. The van der Waals surface area contributed by atoms with Crippen LogP contribution >= 0.6 is 11.6 Å². The number of nitrogens with zero attached hydrogens (tertiary/aromatic N) is 4. The third kappa shape index (κ3) is 2.21. The van der Waals surface area contributed by atoms with Crippen LogP contribution in [0.4, 0.5) is 0 Å². The fourth-order valence-corrected chi connectivity index (χ4v) is 3.52. The monoisotopic (exact) mass is 344 g/mol. The number of aliphatic hydroxyl groups is 1. The molecule has 4 rings (SSSR count). The normalized spacial score (nSPS) is 20.2. The van der Waals surface area contributed by atoms with E-state index < -0.39 is 0 Å². The molecule has 1 unspecified atom stereocenters. The first-order valence-electron chi connectivity index (χ1n) is 8.05. The number of hydrogen-bond acceptors (Lipinski definition) is 4. The van der Waals surface area contributed by atoms with Gasteiger partial charge in [0, 0.05) is 23.7 Å². The van der Waals surface area contributed by atoms with E-state index in [9.17, 15) is 9.90 Å². The number of carbonyl (C=O) groups is 1. The van der Waals surface area contributed by atoms with Gasteiger partial charge in [0.25, 0.3) is 5.91 Å². The Kier molecular flexibility index (Phi) is 3.57. The lowest BCUT2D eigenvalue weighted by atomic mass is 10.1. The second-order valence-electron chi connectivity index (χ2n) is 6.00. The van der Waals surface area contributed by atoms with Crippen LogP contribution in [0.1, 0.15) is 25.6 Å². The molecule has 1 N–H and O–H groups in total. The van der Waals surface area contributed by atoms with Crippen molar-refractivity contribution in [2.24, 2.45) is 0 Å². The topological polar surface area (TPSA) is 71.2 Å². The van der Waals surface area contributed by atoms with Gasteiger partial charge in [-0.05, 0) is 44.0 Å². The molecule has 0 saturated carbocycles. The molecule has 0 bridgehead atoms. The number of fused-ring (bicyclic) bond motifs is 1. The highest BCUT2D eigenvalue weighted by molar-refractivity contribution is 6.30. The van der Waals surface area contributed by atoms with Crippen molar-refractivity contribution in [3.63, 3.8) is 0 Å². The van der Waals surface area contributed by atoms with E-state index in [0.717, 1.165) is 18.4 Å². The van der Waals surface area contributed by atoms with Crippen molar-refractivity contribution in [3.05, 3.63) is 40.9 Å². The van der Waals surface area contributed by atoms with Gasteiger partial charge in [0.05, 0.1) is 6.04 Å². The molecular weight excluding hydrogens is 328 g/mol. The summed E-state index contributed by atoms with van der Waals surface area (Å²) in [7, 11) is 0. The Morgan fingerprint density at radius 2 is 2.08 bits per heavy atom. The number of aliphatic hydroxyl groups excluding tert-OH is 1. The predicted molar refractivity (Wildman–Crippen MR) is 90.4 cm³/mol. The average Bonchev–Trinajstić information content (AvgIpc) is 3.26. The molecule has 1 aromatic heterocycles. The standard InChI is InChI=1S/C17H17ClN4O2/c1-2-22-16(13-14(23)12-4-3-9-21(12)17(13)24)19-15(20-22)10-5-7-11(18)8-6-10/h5-8,12,23H,2-4,9H2,1H3. The van der Waals surface area contributed by atoms with Crippen LogP contribution in [0.2, 0.25) is 5.02 Å². The quantitative estimate of drug-likeness (QED) is 0.929. The average molecular weight is 345 g/mol. The van der Waals surface area contributed by atoms with Gasteiger partial charge in [0.1, 0.15) is 11.3 Å². The van der Waals surface area contributed by atoms with Crippen LogP contribution in [0.3, 0.4) is 0 Å². The molecule has 1 aromatic carbocycles. The number of halogens is 1. The largest absolute Gasteiger partial charge is 0.509 e. The summed E-state index contributed by atoms with van der Waals surface area (Å²) in [6.45, 7) is 3.17. The predicted octanol–water partition coefficient (Wildman–Crippen LogP) is 2.89. The molecule has 2 aromatic rings. The number of benzene rings is 1. The maximum atomic E-state index is 12.7. The van der Waals surface area contributed by atoms with Gasteiger partial charge in [-0.1, -0.05) is 11.6 Å². The summed E-state index contributed by atoms with van der Waals surface area (Å²) in [5.41, 5.74) is 1.10. The van der Waals surface area contributed by atoms with Gasteiger partial charge >= 0.3 is 0 Å². The van der Waals surface area contributed by atoms with Gasteiger partial charge in [-0.25, -0.2) is 9.67 Å². The van der Waals surface area contributed by atoms with Crippen molar-refractivity contribution in [1.29, 1.82) is 0 Å². The van der Waals surface area contributed by atoms with E-state index >= 15 is 0 Å². The molecule has 0 aliphatic carbocycles. The Bertz CT molecular complexity index is 841. The highest BCUT2D eigenvalue weighted by Gasteiger charge is 2.44. The van der Waals surface area contributed by atoms with E-state index in [2.05, 4.69) is 10.1 Å². The molecule has 0 spiro atoms. The maximum absolute atomic E-state index is 12.7. The lowest BCUT2D eigenvalue weighted by molar-refractivity contribution is -0.124. The summed E-state index contributed by atoms with van der Waals surface area (Å²) in [6.07, 6.45) is 1.72. The molecule has 0 radical (unpaired) electrons. The van der Waals surface area contributed by atoms with Crippen LogP contribution in [0.25, 0.3) is 17.0 Å². The molecule has 1 amide bonds. The van der Waals surface area contributed by atoms with Crippen LogP contribution < -0.4 is 0 Å². The SMILES string of the molecule is CCn1nc(-c2ccc(Cl)cc2)nc1C1=C(O)C2CCCN2C1=O. The number of amides is 1. The number of carbonyl (C=O) groups excluding carboxylic acids is 1. The highest BCUT2D eigenvalue weighted by atomic mass is 35.5. The van der Waals surface area contributed by atoms with Crippen LogP contribution in [0, 0.1) is 0 Å². The Hall–Kier alpha value is -2.34. The van der Waals surface area contributed by atoms with Gasteiger partial charge in [0.2, 0.25) is 0 Å². The van der Waals surface area contributed by atoms with E-state index in [4.69, 9.17) is 11.6 Å². The first kappa shape index (κ1) is 15.2. The molecule has 2 aliphatic heterocycles. The summed E-state index contributed by atoms with van der Waals surface area (Å²) in [4.78, 5) is 18.9. The molecule has 3 heterocycles. The van der Waals surface area contributed by atoms with Gasteiger partial charge < -0.3 is 10.0 Å². The molecule has 6 nitrogen and oxygen atoms in total. The minimum absolute atomic E-state index is 0.127. The Balaban J connectivity index is 1.80. The second kappa shape index (κ2) is 5.63. The van der Waals surface area contributed by atoms with Gasteiger partial charge in [0.15, 0.2) is 11.6 Å². The van der Waals surface area contributed by atoms with Crippen molar-refractivity contribution >= 4 is 23.1 Å².